The van der Waals surface area contributed by atoms with Crippen molar-refractivity contribution in [2.75, 3.05) is 18.9 Å². The van der Waals surface area contributed by atoms with Crippen LogP contribution in [0, 0.1) is 0 Å². The van der Waals surface area contributed by atoms with Gasteiger partial charge in [-0.25, -0.2) is 4.79 Å². The molecule has 2 heterocycles. The standard InChI is InChI=1S/C13H15N2O8P/c16-9-1-2-10(17)14(9)6-8-24(21,22)7-5-13(20)23-15-11(18)3-4-12(15)19/h1-2H,3-8H2,(H,21,22). The zero-order chi connectivity index (χ0) is 17.9. The summed E-state index contributed by atoms with van der Waals surface area (Å²) in [5.74, 6) is -3.39. The van der Waals surface area contributed by atoms with E-state index in [9.17, 15) is 33.4 Å². The van der Waals surface area contributed by atoms with Gasteiger partial charge in [0.2, 0.25) is 7.37 Å². The smallest absolute Gasteiger partial charge is 0.333 e. The molecular weight excluding hydrogens is 343 g/mol. The molecule has 0 radical (unpaired) electrons. The van der Waals surface area contributed by atoms with Gasteiger partial charge in [-0.05, 0) is 0 Å². The topological polar surface area (TPSA) is 138 Å². The maximum atomic E-state index is 12.0. The van der Waals surface area contributed by atoms with Crippen LogP contribution < -0.4 is 0 Å². The van der Waals surface area contributed by atoms with E-state index in [0.29, 0.717) is 5.06 Å². The number of hydroxylamine groups is 2. The van der Waals surface area contributed by atoms with Crippen LogP contribution in [0.2, 0.25) is 0 Å². The zero-order valence-electron chi connectivity index (χ0n) is 12.5. The van der Waals surface area contributed by atoms with E-state index in [1.165, 1.54) is 0 Å². The van der Waals surface area contributed by atoms with Crippen molar-refractivity contribution in [2.45, 2.75) is 19.3 Å². The van der Waals surface area contributed by atoms with Crippen LogP contribution in [0.25, 0.3) is 0 Å². The van der Waals surface area contributed by atoms with Crippen molar-refractivity contribution in [3.63, 3.8) is 0 Å². The first kappa shape index (κ1) is 18.0. The minimum Gasteiger partial charge on any atom is -0.344 e. The maximum absolute atomic E-state index is 12.0. The molecule has 24 heavy (non-hydrogen) atoms. The summed E-state index contributed by atoms with van der Waals surface area (Å²) in [5.41, 5.74) is 0. The van der Waals surface area contributed by atoms with Crippen LogP contribution in [0.15, 0.2) is 12.2 Å². The van der Waals surface area contributed by atoms with Crippen LogP contribution in [-0.2, 0) is 33.4 Å². The molecule has 2 aliphatic rings. The van der Waals surface area contributed by atoms with Gasteiger partial charge in [0.25, 0.3) is 23.6 Å². The maximum Gasteiger partial charge on any atom is 0.333 e. The molecule has 0 aliphatic carbocycles. The van der Waals surface area contributed by atoms with Gasteiger partial charge in [-0.3, -0.25) is 28.6 Å². The molecule has 10 nitrogen and oxygen atoms in total. The highest BCUT2D eigenvalue weighted by atomic mass is 31.2. The van der Waals surface area contributed by atoms with Crippen LogP contribution in [0.3, 0.4) is 0 Å². The van der Waals surface area contributed by atoms with Crippen molar-refractivity contribution in [3.8, 4) is 0 Å². The van der Waals surface area contributed by atoms with E-state index in [-0.39, 0.29) is 25.5 Å². The SMILES string of the molecule is O=C(CCP(=O)(O)CCN1C(=O)C=CC1=O)ON1C(=O)CCC1=O. The van der Waals surface area contributed by atoms with Gasteiger partial charge in [0.05, 0.1) is 6.42 Å². The molecule has 0 aromatic heterocycles. The predicted molar refractivity (Wildman–Crippen MR) is 77.2 cm³/mol. The van der Waals surface area contributed by atoms with Crippen LogP contribution in [0.5, 0.6) is 0 Å². The third-order valence-corrected chi connectivity index (χ3v) is 5.26. The number of carbonyl (C=O) groups is 5. The van der Waals surface area contributed by atoms with Gasteiger partial charge in [0.15, 0.2) is 0 Å². The van der Waals surface area contributed by atoms with E-state index in [2.05, 4.69) is 4.84 Å². The second-order valence-electron chi connectivity index (χ2n) is 5.25. The molecule has 1 saturated heterocycles. The summed E-state index contributed by atoms with van der Waals surface area (Å²) in [6, 6.07) is 0. The third-order valence-electron chi connectivity index (χ3n) is 3.44. The van der Waals surface area contributed by atoms with Crippen LogP contribution in [-0.4, -0.2) is 63.3 Å². The van der Waals surface area contributed by atoms with E-state index in [1.54, 1.807) is 0 Å². The van der Waals surface area contributed by atoms with E-state index >= 15 is 0 Å². The Hall–Kier alpha value is -2.32. The van der Waals surface area contributed by atoms with Gasteiger partial charge in [-0.2, -0.15) is 0 Å². The van der Waals surface area contributed by atoms with Crippen molar-refractivity contribution < 1.29 is 38.3 Å². The molecule has 1 atom stereocenters. The lowest BCUT2D eigenvalue weighted by molar-refractivity contribution is -0.197. The molecule has 130 valence electrons. The molecule has 1 N–H and O–H groups in total. The van der Waals surface area contributed by atoms with Gasteiger partial charge in [0.1, 0.15) is 0 Å². The molecule has 1 fully saturated rings. The molecule has 11 heteroatoms. The van der Waals surface area contributed by atoms with Gasteiger partial charge in [0, 0.05) is 43.9 Å². The third kappa shape index (κ3) is 4.36. The lowest BCUT2D eigenvalue weighted by Gasteiger charge is -2.17. The molecule has 1 unspecified atom stereocenters. The Morgan fingerprint density at radius 3 is 2.17 bits per heavy atom. The molecule has 0 saturated carbocycles. The molecule has 4 amide bonds. The average Bonchev–Trinajstić information content (AvgIpc) is 3.00. The number of rotatable bonds is 7. The minimum absolute atomic E-state index is 0.0451. The predicted octanol–water partition coefficient (Wildman–Crippen LogP) is -0.821. The minimum atomic E-state index is -3.79. The molecule has 0 spiro atoms. The van der Waals surface area contributed by atoms with Crippen molar-refractivity contribution in [2.24, 2.45) is 0 Å². The van der Waals surface area contributed by atoms with Crippen LogP contribution in [0.4, 0.5) is 0 Å². The highest BCUT2D eigenvalue weighted by molar-refractivity contribution is 7.58. The van der Waals surface area contributed by atoms with E-state index in [0.717, 1.165) is 17.1 Å². The molecule has 2 aliphatic heterocycles. The number of amides is 4. The monoisotopic (exact) mass is 358 g/mol. The number of hydrogen-bond acceptors (Lipinski definition) is 7. The Labute approximate surface area is 136 Å². The van der Waals surface area contributed by atoms with Crippen molar-refractivity contribution >= 4 is 37.0 Å². The van der Waals surface area contributed by atoms with Crippen molar-refractivity contribution in [3.05, 3.63) is 12.2 Å². The Morgan fingerprint density at radius 1 is 1.08 bits per heavy atom. The summed E-state index contributed by atoms with van der Waals surface area (Å²) >= 11 is 0. The zero-order valence-corrected chi connectivity index (χ0v) is 13.4. The van der Waals surface area contributed by atoms with Crippen molar-refractivity contribution in [1.82, 2.24) is 9.96 Å². The van der Waals surface area contributed by atoms with Crippen molar-refractivity contribution in [1.29, 1.82) is 0 Å². The molecule has 0 aromatic carbocycles. The quantitative estimate of drug-likeness (QED) is 0.460. The summed E-state index contributed by atoms with van der Waals surface area (Å²) in [6.45, 7) is -0.239. The first-order valence-electron chi connectivity index (χ1n) is 7.10. The van der Waals surface area contributed by atoms with Crippen LogP contribution >= 0.6 is 7.37 Å². The molecule has 2 rings (SSSR count). The van der Waals surface area contributed by atoms with Gasteiger partial charge < -0.3 is 9.73 Å². The second kappa shape index (κ2) is 7.06. The molecular formula is C13H15N2O8P. The van der Waals surface area contributed by atoms with E-state index < -0.39 is 49.5 Å². The van der Waals surface area contributed by atoms with Gasteiger partial charge >= 0.3 is 5.97 Å². The largest absolute Gasteiger partial charge is 0.344 e. The first-order chi connectivity index (χ1) is 11.2. The number of nitrogens with zero attached hydrogens (tertiary/aromatic N) is 2. The Balaban J connectivity index is 1.77. The summed E-state index contributed by atoms with van der Waals surface area (Å²) < 4.78 is 12.0. The summed E-state index contributed by atoms with van der Waals surface area (Å²) in [5, 5.41) is 0.359. The fourth-order valence-corrected chi connectivity index (χ4v) is 3.36. The van der Waals surface area contributed by atoms with Gasteiger partial charge in [-0.15, -0.1) is 5.06 Å². The fraction of sp³-hybridized carbons (Fsp3) is 0.462. The first-order valence-corrected chi connectivity index (χ1v) is 9.13. The highest BCUT2D eigenvalue weighted by Gasteiger charge is 2.33. The average molecular weight is 358 g/mol. The number of carbonyl (C=O) groups excluding carboxylic acids is 5. The summed E-state index contributed by atoms with van der Waals surface area (Å²) in [7, 11) is -3.79. The normalized spacial score (nSPS) is 20.0. The number of imide groups is 2. The Bertz CT molecular complexity index is 651. The van der Waals surface area contributed by atoms with Gasteiger partial charge in [-0.1, -0.05) is 0 Å². The molecule has 0 bridgehead atoms. The van der Waals surface area contributed by atoms with Crippen LogP contribution in [0.1, 0.15) is 19.3 Å². The summed E-state index contributed by atoms with van der Waals surface area (Å²) in [6.07, 6.45) is 0.739. The highest BCUT2D eigenvalue weighted by Crippen LogP contribution is 2.41. The second-order valence-corrected chi connectivity index (χ2v) is 7.84. The lowest BCUT2D eigenvalue weighted by Crippen LogP contribution is -2.33. The Morgan fingerprint density at radius 2 is 1.62 bits per heavy atom. The lowest BCUT2D eigenvalue weighted by atomic mass is 10.4. The van der Waals surface area contributed by atoms with E-state index in [1.807, 2.05) is 0 Å². The number of hydrogen-bond donors (Lipinski definition) is 1. The fourth-order valence-electron chi connectivity index (χ4n) is 2.09. The summed E-state index contributed by atoms with van der Waals surface area (Å²) in [4.78, 5) is 72.0. The molecule has 0 aromatic rings. The van der Waals surface area contributed by atoms with E-state index in [4.69, 9.17) is 0 Å². The Kier molecular flexibility index (Phi) is 5.30.